The molecule has 7 nitrogen and oxygen atoms in total. The van der Waals surface area contributed by atoms with Gasteiger partial charge >= 0.3 is 0 Å². The second kappa shape index (κ2) is 4.79. The number of ether oxygens (including phenoxy) is 1. The number of nitrogens with zero attached hydrogens (tertiary/aromatic N) is 2. The summed E-state index contributed by atoms with van der Waals surface area (Å²) in [5.41, 5.74) is -0.364. The standard InChI is InChI=1S/C9H6N2O5.ClH/c12-10(13)6-1-2-7(9-3-4-16-9)8(5-6)11(14)15;/h1-3,5H,4H2;1H. The van der Waals surface area contributed by atoms with Crippen molar-refractivity contribution in [3.63, 3.8) is 0 Å². The molecule has 0 bridgehead atoms. The smallest absolute Gasteiger partial charge is 0.287 e. The van der Waals surface area contributed by atoms with Gasteiger partial charge in [-0.1, -0.05) is 0 Å². The number of halogens is 1. The van der Waals surface area contributed by atoms with Gasteiger partial charge in [-0.2, -0.15) is 0 Å². The van der Waals surface area contributed by atoms with Crippen LogP contribution in [0.5, 0.6) is 0 Å². The Morgan fingerprint density at radius 2 is 1.82 bits per heavy atom. The molecule has 0 radical (unpaired) electrons. The molecular formula is C9H7ClN2O5. The highest BCUT2D eigenvalue weighted by molar-refractivity contribution is 5.85. The fourth-order valence-electron chi connectivity index (χ4n) is 1.35. The van der Waals surface area contributed by atoms with Crippen LogP contribution in [0.4, 0.5) is 11.4 Å². The lowest BCUT2D eigenvalue weighted by molar-refractivity contribution is -0.394. The average molecular weight is 259 g/mol. The molecule has 1 aromatic carbocycles. The summed E-state index contributed by atoms with van der Waals surface area (Å²) in [6.45, 7) is 0.406. The van der Waals surface area contributed by atoms with Gasteiger partial charge in [0.1, 0.15) is 12.4 Å². The highest BCUT2D eigenvalue weighted by Crippen LogP contribution is 2.33. The third kappa shape index (κ3) is 2.34. The number of rotatable bonds is 3. The molecule has 0 spiro atoms. The molecule has 90 valence electrons. The Labute approximate surface area is 101 Å². The van der Waals surface area contributed by atoms with Crippen LogP contribution < -0.4 is 0 Å². The topological polar surface area (TPSA) is 95.5 Å². The first-order chi connectivity index (χ1) is 7.59. The van der Waals surface area contributed by atoms with E-state index < -0.39 is 9.85 Å². The van der Waals surface area contributed by atoms with Gasteiger partial charge in [-0.3, -0.25) is 20.2 Å². The highest BCUT2D eigenvalue weighted by atomic mass is 35.5. The lowest BCUT2D eigenvalue weighted by Crippen LogP contribution is -2.06. The summed E-state index contributed by atoms with van der Waals surface area (Å²) < 4.78 is 4.99. The summed E-state index contributed by atoms with van der Waals surface area (Å²) in [5.74, 6) is 0.390. The highest BCUT2D eigenvalue weighted by Gasteiger charge is 2.24. The molecule has 8 heteroatoms. The average Bonchev–Trinajstić information content (AvgIpc) is 2.14. The fourth-order valence-corrected chi connectivity index (χ4v) is 1.35. The number of nitro groups is 2. The molecule has 1 aliphatic rings. The van der Waals surface area contributed by atoms with Gasteiger partial charge in [0.05, 0.1) is 21.5 Å². The minimum Gasteiger partial charge on any atom is -0.489 e. The van der Waals surface area contributed by atoms with Crippen LogP contribution in [0.3, 0.4) is 0 Å². The minimum atomic E-state index is -0.674. The van der Waals surface area contributed by atoms with Gasteiger partial charge in [0, 0.05) is 6.07 Å². The minimum absolute atomic E-state index is 0. The lowest BCUT2D eigenvalue weighted by Gasteiger charge is -2.16. The van der Waals surface area contributed by atoms with Crippen LogP contribution in [0.15, 0.2) is 24.3 Å². The molecule has 0 N–H and O–H groups in total. The van der Waals surface area contributed by atoms with Crippen LogP contribution >= 0.6 is 12.4 Å². The van der Waals surface area contributed by atoms with Crippen molar-refractivity contribution in [2.24, 2.45) is 0 Å². The summed E-state index contributed by atoms with van der Waals surface area (Å²) in [6.07, 6.45) is 1.67. The van der Waals surface area contributed by atoms with Gasteiger partial charge in [0.25, 0.3) is 11.4 Å². The van der Waals surface area contributed by atoms with E-state index in [0.717, 1.165) is 6.07 Å². The second-order valence-corrected chi connectivity index (χ2v) is 3.10. The Bertz CT molecular complexity index is 514. The van der Waals surface area contributed by atoms with Crippen LogP contribution in [0, 0.1) is 20.2 Å². The summed E-state index contributed by atoms with van der Waals surface area (Å²) in [5, 5.41) is 21.2. The second-order valence-electron chi connectivity index (χ2n) is 3.10. The molecule has 0 fully saturated rings. The van der Waals surface area contributed by atoms with Crippen LogP contribution in [0.2, 0.25) is 0 Å². The van der Waals surface area contributed by atoms with Crippen molar-refractivity contribution in [2.45, 2.75) is 0 Å². The predicted molar refractivity (Wildman–Crippen MR) is 60.9 cm³/mol. The SMILES string of the molecule is Cl.O=[N+]([O-])c1ccc(C2=CCO2)c([N+](=O)[O-])c1. The maximum absolute atomic E-state index is 10.7. The molecule has 17 heavy (non-hydrogen) atoms. The van der Waals surface area contributed by atoms with Gasteiger partial charge in [-0.15, -0.1) is 12.4 Å². The number of hydrogen-bond acceptors (Lipinski definition) is 5. The monoisotopic (exact) mass is 258 g/mol. The number of benzene rings is 1. The van der Waals surface area contributed by atoms with Crippen LogP contribution in [0.25, 0.3) is 5.76 Å². The molecule has 2 rings (SSSR count). The van der Waals surface area contributed by atoms with E-state index in [1.54, 1.807) is 6.08 Å². The largest absolute Gasteiger partial charge is 0.489 e. The Hall–Kier alpha value is -2.15. The Balaban J connectivity index is 0.00000144. The summed E-state index contributed by atoms with van der Waals surface area (Å²) in [4.78, 5) is 19.9. The Kier molecular flexibility index (Phi) is 3.64. The van der Waals surface area contributed by atoms with Crippen molar-refractivity contribution in [3.8, 4) is 0 Å². The first-order valence-corrected chi connectivity index (χ1v) is 4.36. The Morgan fingerprint density at radius 3 is 2.24 bits per heavy atom. The fraction of sp³-hybridized carbons (Fsp3) is 0.111. The van der Waals surface area contributed by atoms with E-state index in [4.69, 9.17) is 4.74 Å². The molecule has 0 atom stereocenters. The van der Waals surface area contributed by atoms with E-state index in [1.165, 1.54) is 12.1 Å². The zero-order valence-electron chi connectivity index (χ0n) is 8.36. The third-order valence-electron chi connectivity index (χ3n) is 2.16. The first-order valence-electron chi connectivity index (χ1n) is 4.36. The number of nitro benzene ring substituents is 2. The van der Waals surface area contributed by atoms with Crippen molar-refractivity contribution in [1.82, 2.24) is 0 Å². The predicted octanol–water partition coefficient (Wildman–Crippen LogP) is 2.30. The molecule has 1 aliphatic heterocycles. The van der Waals surface area contributed by atoms with Gasteiger partial charge < -0.3 is 4.74 Å². The van der Waals surface area contributed by atoms with E-state index in [1.807, 2.05) is 0 Å². The van der Waals surface area contributed by atoms with Crippen LogP contribution in [-0.4, -0.2) is 16.5 Å². The summed E-state index contributed by atoms with van der Waals surface area (Å²) >= 11 is 0. The molecule has 1 aromatic rings. The van der Waals surface area contributed by atoms with Crippen molar-refractivity contribution in [2.75, 3.05) is 6.61 Å². The molecule has 0 unspecified atom stereocenters. The van der Waals surface area contributed by atoms with Gasteiger partial charge in [-0.05, 0) is 12.1 Å². The third-order valence-corrected chi connectivity index (χ3v) is 2.16. The zero-order valence-corrected chi connectivity index (χ0v) is 9.18. The lowest BCUT2D eigenvalue weighted by atomic mass is 10.1. The summed E-state index contributed by atoms with van der Waals surface area (Å²) in [6, 6.07) is 3.46. The molecule has 1 heterocycles. The van der Waals surface area contributed by atoms with E-state index >= 15 is 0 Å². The van der Waals surface area contributed by atoms with Crippen molar-refractivity contribution in [1.29, 1.82) is 0 Å². The maximum Gasteiger partial charge on any atom is 0.287 e. The van der Waals surface area contributed by atoms with Gasteiger partial charge in [-0.25, -0.2) is 0 Å². The molecule has 0 aromatic heterocycles. The number of non-ortho nitro benzene ring substituents is 1. The van der Waals surface area contributed by atoms with Crippen molar-refractivity contribution < 1.29 is 14.6 Å². The molecule has 0 amide bonds. The molecular weight excluding hydrogens is 252 g/mol. The van der Waals surface area contributed by atoms with Gasteiger partial charge in [0.15, 0.2) is 0 Å². The van der Waals surface area contributed by atoms with E-state index in [-0.39, 0.29) is 29.3 Å². The molecule has 0 aliphatic carbocycles. The van der Waals surface area contributed by atoms with Crippen molar-refractivity contribution in [3.05, 3.63) is 50.1 Å². The van der Waals surface area contributed by atoms with Crippen LogP contribution in [-0.2, 0) is 4.74 Å². The quantitative estimate of drug-likeness (QED) is 0.612. The first kappa shape index (κ1) is 12.9. The van der Waals surface area contributed by atoms with Crippen LogP contribution in [0.1, 0.15) is 5.56 Å². The normalized spacial score (nSPS) is 12.6. The van der Waals surface area contributed by atoms with Gasteiger partial charge in [0.2, 0.25) is 0 Å². The zero-order chi connectivity index (χ0) is 11.7. The Morgan fingerprint density at radius 1 is 1.18 bits per heavy atom. The van der Waals surface area contributed by atoms with Crippen molar-refractivity contribution >= 4 is 29.5 Å². The molecule has 0 saturated heterocycles. The maximum atomic E-state index is 10.7. The van der Waals surface area contributed by atoms with E-state index in [9.17, 15) is 20.2 Å². The summed E-state index contributed by atoms with van der Waals surface area (Å²) in [7, 11) is 0. The van der Waals surface area contributed by atoms with E-state index in [0.29, 0.717) is 12.4 Å². The molecule has 0 saturated carbocycles. The number of hydrogen-bond donors (Lipinski definition) is 0. The van der Waals surface area contributed by atoms with E-state index in [2.05, 4.69) is 0 Å².